The topological polar surface area (TPSA) is 389 Å². The van der Waals surface area contributed by atoms with Crippen LogP contribution in [0.3, 0.4) is 0 Å². The number of benzene rings is 6. The van der Waals surface area contributed by atoms with Gasteiger partial charge in [-0.1, -0.05) is 36.4 Å². The number of aromatic hydroxyl groups is 2. The molecular weight excluding hydrogens is 969 g/mol. The van der Waals surface area contributed by atoms with Crippen LogP contribution >= 0.6 is 0 Å². The van der Waals surface area contributed by atoms with Crippen LogP contribution < -0.4 is 139 Å². The Balaban J connectivity index is 0.00000352. The van der Waals surface area contributed by atoms with Gasteiger partial charge in [0.1, 0.15) is 96.0 Å². The van der Waals surface area contributed by atoms with Gasteiger partial charge >= 0.3 is 118 Å². The number of rotatable bonds is 11. The Morgan fingerprint density at radius 2 is 0.797 bits per heavy atom. The molecule has 0 amide bonds. The Morgan fingerprint density at radius 1 is 0.484 bits per heavy atom. The van der Waals surface area contributed by atoms with Crippen LogP contribution in [0.15, 0.2) is 113 Å². The van der Waals surface area contributed by atoms with Gasteiger partial charge in [-0.3, -0.25) is 0 Å². The largest absolute Gasteiger partial charge is 1.00 e. The van der Waals surface area contributed by atoms with E-state index in [0.717, 1.165) is 36.4 Å². The number of methoxy groups -OCH3 is 2. The Labute approximate surface area is 452 Å². The van der Waals surface area contributed by atoms with Gasteiger partial charge in [0.15, 0.2) is 0 Å². The summed E-state index contributed by atoms with van der Waals surface area (Å²) in [6, 6.07) is 14.4. The number of ether oxygens (including phenoxy) is 2. The molecule has 64 heavy (non-hydrogen) atoms. The third-order valence-electron chi connectivity index (χ3n) is 8.67. The Bertz CT molecular complexity index is 3140. The standard InChI is InChI=1S/C34H28N6O16S4.4Na/c1-55-23-13-15(9-11-19(23)37-39-29-31(57(43,44)45)17-5-3-7-21(41)25(17)27(35)33(29)59(49,50)51)16-10-12-20(24(14-16)56-2)38-40-30-32(58(46,47)48)18-6-4-8-22(42)26(18)28(36)34(30)60(52,53)54;;;;/h3-14,41-42H,35-36H2,1-2H3,(H,43,44,45)(H,46,47,48)(H,49,50,51)(H,52,53,54);;;;/q;4*+1/p-4. The van der Waals surface area contributed by atoms with Crippen LogP contribution in [0, 0.1) is 0 Å². The summed E-state index contributed by atoms with van der Waals surface area (Å²) in [6.07, 6.45) is 0. The molecule has 6 aromatic rings. The molecule has 0 aromatic heterocycles. The summed E-state index contributed by atoms with van der Waals surface area (Å²) in [5, 5.41) is 33.4. The average Bonchev–Trinajstić information content (AvgIpc) is 3.13. The maximum absolute atomic E-state index is 12.5. The molecule has 0 radical (unpaired) electrons. The van der Waals surface area contributed by atoms with Crippen molar-refractivity contribution in [3.05, 3.63) is 72.8 Å². The number of azo groups is 2. The molecule has 0 atom stereocenters. The molecule has 6 aromatic carbocycles. The van der Waals surface area contributed by atoms with Gasteiger partial charge in [0.05, 0.1) is 35.4 Å². The monoisotopic (exact) mass is 992 g/mol. The number of hydrogen-bond donors (Lipinski definition) is 4. The van der Waals surface area contributed by atoms with Crippen molar-refractivity contribution < 1.29 is 190 Å². The van der Waals surface area contributed by atoms with Crippen molar-refractivity contribution in [2.24, 2.45) is 20.5 Å². The van der Waals surface area contributed by atoms with Gasteiger partial charge in [-0.15, -0.1) is 20.5 Å². The minimum Gasteiger partial charge on any atom is -0.744 e. The number of fused-ring (bicyclic) bond motifs is 2. The third kappa shape index (κ3) is 11.4. The van der Waals surface area contributed by atoms with Crippen LogP contribution in [0.25, 0.3) is 32.7 Å². The van der Waals surface area contributed by atoms with E-state index in [1.54, 1.807) is 0 Å². The van der Waals surface area contributed by atoms with Crippen molar-refractivity contribution in [3.63, 3.8) is 0 Å². The number of nitrogens with zero attached hydrogens (tertiary/aromatic N) is 4. The van der Waals surface area contributed by atoms with Gasteiger partial charge in [0.25, 0.3) is 0 Å². The summed E-state index contributed by atoms with van der Waals surface area (Å²) in [6.45, 7) is 0. The van der Waals surface area contributed by atoms with E-state index in [9.17, 15) is 62.1 Å². The zero-order valence-corrected chi connectivity index (χ0v) is 45.4. The summed E-state index contributed by atoms with van der Waals surface area (Å²) in [7, 11) is -20.2. The molecule has 6 rings (SSSR count). The van der Waals surface area contributed by atoms with Crippen molar-refractivity contribution >= 4 is 96.1 Å². The van der Waals surface area contributed by atoms with Crippen molar-refractivity contribution in [1.29, 1.82) is 0 Å². The van der Waals surface area contributed by atoms with Crippen LogP contribution in [0.2, 0.25) is 0 Å². The fourth-order valence-corrected chi connectivity index (χ4v) is 9.52. The van der Waals surface area contributed by atoms with E-state index in [1.807, 2.05) is 0 Å². The maximum Gasteiger partial charge on any atom is 1.00 e. The fourth-order valence-electron chi connectivity index (χ4n) is 6.25. The molecule has 30 heteroatoms. The normalized spacial score (nSPS) is 12.0. The zero-order chi connectivity index (χ0) is 44.3. The molecule has 0 aliphatic heterocycles. The van der Waals surface area contributed by atoms with E-state index >= 15 is 0 Å². The second-order valence-electron chi connectivity index (χ2n) is 12.2. The predicted octanol–water partition coefficient (Wildman–Crippen LogP) is -7.28. The van der Waals surface area contributed by atoms with E-state index in [0.29, 0.717) is 11.1 Å². The first-order chi connectivity index (χ1) is 27.9. The molecule has 314 valence electrons. The third-order valence-corrected chi connectivity index (χ3v) is 12.3. The summed E-state index contributed by atoms with van der Waals surface area (Å²) in [5.41, 5.74) is 7.87. The van der Waals surface area contributed by atoms with E-state index in [4.69, 9.17) is 20.9 Å². The molecule has 0 saturated carbocycles. The smallest absolute Gasteiger partial charge is 0.744 e. The number of hydrogen-bond acceptors (Lipinski definition) is 22. The molecule has 0 spiro atoms. The minimum absolute atomic E-state index is 0. The van der Waals surface area contributed by atoms with Gasteiger partial charge in [0.2, 0.25) is 0 Å². The van der Waals surface area contributed by atoms with Gasteiger partial charge in [0, 0.05) is 21.5 Å². The van der Waals surface area contributed by atoms with Crippen LogP contribution in [0.4, 0.5) is 34.1 Å². The van der Waals surface area contributed by atoms with Crippen LogP contribution in [0.1, 0.15) is 0 Å². The molecule has 0 fully saturated rings. The van der Waals surface area contributed by atoms with Gasteiger partial charge in [-0.25, -0.2) is 33.7 Å². The average molecular weight is 993 g/mol. The predicted molar refractivity (Wildman–Crippen MR) is 205 cm³/mol. The second-order valence-corrected chi connectivity index (χ2v) is 17.5. The summed E-state index contributed by atoms with van der Waals surface area (Å²) in [4.78, 5) is -5.48. The van der Waals surface area contributed by atoms with Crippen LogP contribution in [-0.2, 0) is 40.5 Å². The molecule has 22 nitrogen and oxygen atoms in total. The summed E-state index contributed by atoms with van der Waals surface area (Å²) in [5.74, 6) is -1.67. The van der Waals surface area contributed by atoms with E-state index in [-0.39, 0.29) is 141 Å². The molecule has 0 saturated heterocycles. The Morgan fingerprint density at radius 3 is 1.08 bits per heavy atom. The molecule has 0 aliphatic rings. The summed E-state index contributed by atoms with van der Waals surface area (Å²) < 4.78 is 160. The van der Waals surface area contributed by atoms with E-state index in [2.05, 4.69) is 20.5 Å². The molecule has 0 aliphatic carbocycles. The van der Waals surface area contributed by atoms with Gasteiger partial charge in [-0.05, 0) is 47.5 Å². The molecule has 0 heterocycles. The SMILES string of the molecule is COc1cc(-c2ccc(N=Nc3c(S(=O)(=O)[O-])c(N)c4c(O)cccc4c3S(=O)(=O)[O-])c(OC)c2)ccc1N=Nc1c(S(=O)(=O)[O-])c(N)c2c(O)cccc2c1S(=O)(=O)[O-].[Na+].[Na+].[Na+].[Na+]. The van der Waals surface area contributed by atoms with Crippen molar-refractivity contribution in [3.8, 4) is 34.1 Å². The van der Waals surface area contributed by atoms with Gasteiger partial charge in [-0.2, -0.15) is 0 Å². The number of phenolic OH excluding ortho intramolecular Hbond substituents is 2. The van der Waals surface area contributed by atoms with Gasteiger partial charge < -0.3 is 49.4 Å². The molecule has 6 N–H and O–H groups in total. The number of phenols is 2. The van der Waals surface area contributed by atoms with E-state index < -0.39 is 116 Å². The number of nitrogens with two attached hydrogens (primary N) is 2. The second kappa shape index (κ2) is 21.6. The van der Waals surface area contributed by atoms with E-state index in [1.165, 1.54) is 50.6 Å². The van der Waals surface area contributed by atoms with Crippen LogP contribution in [0.5, 0.6) is 23.0 Å². The molecular formula is C34H24N6Na4O16S4. The van der Waals surface area contributed by atoms with Crippen molar-refractivity contribution in [2.45, 2.75) is 19.6 Å². The summed E-state index contributed by atoms with van der Waals surface area (Å²) >= 11 is 0. The minimum atomic E-state index is -5.67. The first-order valence-corrected chi connectivity index (χ1v) is 21.7. The zero-order valence-electron chi connectivity index (χ0n) is 34.1. The quantitative estimate of drug-likeness (QED) is 0.0405. The van der Waals surface area contributed by atoms with Crippen LogP contribution in [-0.4, -0.2) is 76.3 Å². The first kappa shape index (κ1) is 57.6. The Hall–Kier alpha value is -2.52. The first-order valence-electron chi connectivity index (χ1n) is 16.1. The molecule has 0 bridgehead atoms. The van der Waals surface area contributed by atoms with Crippen molar-refractivity contribution in [1.82, 2.24) is 0 Å². The number of nitrogen functional groups attached to an aromatic ring is 2. The fraction of sp³-hybridized carbons (Fsp3) is 0.0588. The van der Waals surface area contributed by atoms with Crippen molar-refractivity contribution in [2.75, 3.05) is 25.7 Å². The maximum atomic E-state index is 12.5. The molecule has 0 unspecified atom stereocenters. The Kier molecular flexibility index (Phi) is 19.5. The number of anilines is 2.